The number of rotatable bonds is 2. The summed E-state index contributed by atoms with van der Waals surface area (Å²) in [5, 5.41) is 0. The Hall–Kier alpha value is -0.850. The minimum atomic E-state index is 0.0267. The number of carbonyl (C=O) groups excluding carboxylic acids is 1. The van der Waals surface area contributed by atoms with Gasteiger partial charge in [-0.2, -0.15) is 0 Å². The van der Waals surface area contributed by atoms with Gasteiger partial charge in [0.2, 0.25) is 0 Å². The van der Waals surface area contributed by atoms with Crippen molar-refractivity contribution < 1.29 is 4.79 Å². The van der Waals surface area contributed by atoms with Gasteiger partial charge in [-0.1, -0.05) is 32.4 Å². The van der Waals surface area contributed by atoms with Crippen LogP contribution in [0.5, 0.6) is 0 Å². The summed E-state index contributed by atoms with van der Waals surface area (Å²) in [7, 11) is 0. The van der Waals surface area contributed by atoms with Gasteiger partial charge >= 0.3 is 0 Å². The summed E-state index contributed by atoms with van der Waals surface area (Å²) in [6.07, 6.45) is 5.80. The molecule has 0 amide bonds. The summed E-state index contributed by atoms with van der Waals surface area (Å²) < 4.78 is 0. The Morgan fingerprint density at radius 2 is 2.07 bits per heavy atom. The molecule has 0 saturated heterocycles. The van der Waals surface area contributed by atoms with Gasteiger partial charge in [0, 0.05) is 5.57 Å². The zero-order valence-electron chi connectivity index (χ0n) is 10.6. The molecule has 1 atom stereocenters. The largest absolute Gasteiger partial charge is 0.290 e. The average molecular weight is 206 g/mol. The maximum atomic E-state index is 12.0. The summed E-state index contributed by atoms with van der Waals surface area (Å²) in [5.74, 6) is 0.789. The second kappa shape index (κ2) is 4.34. The highest BCUT2D eigenvalue weighted by atomic mass is 16.1. The zero-order chi connectivity index (χ0) is 11.6. The first-order valence-electron chi connectivity index (χ1n) is 5.78. The van der Waals surface area contributed by atoms with Crippen molar-refractivity contribution in [2.24, 2.45) is 11.3 Å². The van der Waals surface area contributed by atoms with E-state index in [0.717, 1.165) is 12.0 Å². The van der Waals surface area contributed by atoms with E-state index in [9.17, 15) is 4.79 Å². The van der Waals surface area contributed by atoms with Gasteiger partial charge in [-0.05, 0) is 44.1 Å². The second-order valence-corrected chi connectivity index (χ2v) is 5.18. The molecule has 0 unspecified atom stereocenters. The SMILES string of the molecule is C/C=C/C(=O)C1=C(C)CC[C@H](C)C1(C)C. The second-order valence-electron chi connectivity index (χ2n) is 5.18. The van der Waals surface area contributed by atoms with Gasteiger partial charge in [-0.15, -0.1) is 0 Å². The van der Waals surface area contributed by atoms with Gasteiger partial charge in [-0.25, -0.2) is 0 Å². The van der Waals surface area contributed by atoms with Crippen LogP contribution in [0.25, 0.3) is 0 Å². The van der Waals surface area contributed by atoms with Crippen LogP contribution in [0.1, 0.15) is 47.5 Å². The Morgan fingerprint density at radius 3 is 2.60 bits per heavy atom. The molecule has 0 fully saturated rings. The molecule has 0 N–H and O–H groups in total. The Labute approximate surface area is 93.3 Å². The van der Waals surface area contributed by atoms with E-state index < -0.39 is 0 Å². The molecule has 0 aliphatic heterocycles. The van der Waals surface area contributed by atoms with E-state index in [1.54, 1.807) is 6.08 Å². The third-order valence-electron chi connectivity index (χ3n) is 3.82. The van der Waals surface area contributed by atoms with Crippen LogP contribution in [-0.4, -0.2) is 5.78 Å². The first kappa shape index (κ1) is 12.2. The van der Waals surface area contributed by atoms with Crippen molar-refractivity contribution in [3.05, 3.63) is 23.3 Å². The summed E-state index contributed by atoms with van der Waals surface area (Å²) in [4.78, 5) is 12.0. The predicted molar refractivity (Wildman–Crippen MR) is 64.7 cm³/mol. The van der Waals surface area contributed by atoms with Crippen molar-refractivity contribution in [2.75, 3.05) is 0 Å². The smallest absolute Gasteiger partial charge is 0.181 e. The van der Waals surface area contributed by atoms with Gasteiger partial charge in [0.25, 0.3) is 0 Å². The molecule has 0 radical (unpaired) electrons. The van der Waals surface area contributed by atoms with Crippen LogP contribution in [0, 0.1) is 11.3 Å². The van der Waals surface area contributed by atoms with Gasteiger partial charge in [0.05, 0.1) is 0 Å². The molecule has 0 aromatic heterocycles. The first-order valence-corrected chi connectivity index (χ1v) is 5.78. The number of allylic oxidation sites excluding steroid dienone is 4. The third kappa shape index (κ3) is 2.22. The lowest BCUT2D eigenvalue weighted by Crippen LogP contribution is -2.32. The highest BCUT2D eigenvalue weighted by molar-refractivity contribution is 6.05. The fourth-order valence-corrected chi connectivity index (χ4v) is 2.48. The lowest BCUT2D eigenvalue weighted by molar-refractivity contribution is -0.112. The monoisotopic (exact) mass is 206 g/mol. The van der Waals surface area contributed by atoms with Crippen molar-refractivity contribution in [1.82, 2.24) is 0 Å². The summed E-state index contributed by atoms with van der Waals surface area (Å²) >= 11 is 0. The standard InChI is InChI=1S/C14H22O/c1-6-7-12(15)13-10(2)8-9-11(3)14(13,4)5/h6-7,11H,8-9H2,1-5H3/b7-6+/t11-/m0/s1. The van der Waals surface area contributed by atoms with Crippen molar-refractivity contribution in [1.29, 1.82) is 0 Å². The number of hydrogen-bond acceptors (Lipinski definition) is 1. The molecule has 1 aliphatic rings. The molecule has 0 bridgehead atoms. The molecule has 0 heterocycles. The molecule has 15 heavy (non-hydrogen) atoms. The summed E-state index contributed by atoms with van der Waals surface area (Å²) in [6.45, 7) is 10.6. The summed E-state index contributed by atoms with van der Waals surface area (Å²) in [6, 6.07) is 0. The molecular weight excluding hydrogens is 184 g/mol. The first-order chi connectivity index (χ1) is 6.91. The van der Waals surface area contributed by atoms with E-state index in [0.29, 0.717) is 5.92 Å². The van der Waals surface area contributed by atoms with Crippen LogP contribution in [-0.2, 0) is 4.79 Å². The Kier molecular flexibility index (Phi) is 3.54. The third-order valence-corrected chi connectivity index (χ3v) is 3.82. The van der Waals surface area contributed by atoms with Crippen LogP contribution in [0.4, 0.5) is 0 Å². The van der Waals surface area contributed by atoms with E-state index in [2.05, 4.69) is 27.7 Å². The molecular formula is C14H22O. The minimum Gasteiger partial charge on any atom is -0.290 e. The summed E-state index contributed by atoms with van der Waals surface area (Å²) in [5.41, 5.74) is 2.35. The Bertz CT molecular complexity index is 318. The van der Waals surface area contributed by atoms with Gasteiger partial charge in [0.1, 0.15) is 0 Å². The normalized spacial score (nSPS) is 26.1. The quantitative estimate of drug-likeness (QED) is 0.626. The Balaban J connectivity index is 3.16. The molecule has 0 aromatic carbocycles. The van der Waals surface area contributed by atoms with E-state index in [-0.39, 0.29) is 11.2 Å². The molecule has 1 heteroatoms. The van der Waals surface area contributed by atoms with Crippen LogP contribution >= 0.6 is 0 Å². The zero-order valence-corrected chi connectivity index (χ0v) is 10.6. The highest BCUT2D eigenvalue weighted by Gasteiger charge is 2.37. The van der Waals surface area contributed by atoms with Crippen molar-refractivity contribution >= 4 is 5.78 Å². The van der Waals surface area contributed by atoms with Gasteiger partial charge in [-0.3, -0.25) is 4.79 Å². The minimum absolute atomic E-state index is 0.0267. The maximum Gasteiger partial charge on any atom is 0.181 e. The molecule has 1 aliphatic carbocycles. The topological polar surface area (TPSA) is 17.1 Å². The molecule has 1 nitrogen and oxygen atoms in total. The molecule has 84 valence electrons. The van der Waals surface area contributed by atoms with Crippen molar-refractivity contribution in [3.8, 4) is 0 Å². The number of ketones is 1. The number of hydrogen-bond donors (Lipinski definition) is 0. The fourth-order valence-electron chi connectivity index (χ4n) is 2.48. The maximum absolute atomic E-state index is 12.0. The van der Waals surface area contributed by atoms with Crippen molar-refractivity contribution in [3.63, 3.8) is 0 Å². The molecule has 1 rings (SSSR count). The number of carbonyl (C=O) groups is 1. The van der Waals surface area contributed by atoms with Crippen LogP contribution < -0.4 is 0 Å². The predicted octanol–water partition coefficient (Wildman–Crippen LogP) is 3.90. The average Bonchev–Trinajstić information content (AvgIpc) is 2.12. The molecule has 0 aromatic rings. The van der Waals surface area contributed by atoms with Crippen LogP contribution in [0.3, 0.4) is 0 Å². The van der Waals surface area contributed by atoms with E-state index in [4.69, 9.17) is 0 Å². The van der Waals surface area contributed by atoms with E-state index >= 15 is 0 Å². The molecule has 0 saturated carbocycles. The Morgan fingerprint density at radius 1 is 1.47 bits per heavy atom. The lowest BCUT2D eigenvalue weighted by Gasteiger charge is -2.39. The van der Waals surface area contributed by atoms with Gasteiger partial charge < -0.3 is 0 Å². The van der Waals surface area contributed by atoms with E-state index in [1.807, 2.05) is 13.0 Å². The van der Waals surface area contributed by atoms with Gasteiger partial charge in [0.15, 0.2) is 5.78 Å². The van der Waals surface area contributed by atoms with E-state index in [1.165, 1.54) is 12.0 Å². The van der Waals surface area contributed by atoms with Crippen LogP contribution in [0.15, 0.2) is 23.3 Å². The highest BCUT2D eigenvalue weighted by Crippen LogP contribution is 2.44. The molecule has 0 spiro atoms. The fraction of sp³-hybridized carbons (Fsp3) is 0.643. The van der Waals surface area contributed by atoms with Crippen LogP contribution in [0.2, 0.25) is 0 Å². The lowest BCUT2D eigenvalue weighted by atomic mass is 9.65. The van der Waals surface area contributed by atoms with Crippen molar-refractivity contribution in [2.45, 2.75) is 47.5 Å².